The van der Waals surface area contributed by atoms with Crippen LogP contribution in [-0.2, 0) is 9.53 Å². The number of hydrogen-bond donors (Lipinski definition) is 2. The summed E-state index contributed by atoms with van der Waals surface area (Å²) in [7, 11) is 1.51. The van der Waals surface area contributed by atoms with Crippen molar-refractivity contribution in [1.29, 1.82) is 0 Å². The summed E-state index contributed by atoms with van der Waals surface area (Å²) < 4.78 is 16.2. The Balaban J connectivity index is 1.59. The van der Waals surface area contributed by atoms with Crippen LogP contribution in [0.15, 0.2) is 28.1 Å². The molecule has 1 aliphatic heterocycles. The third kappa shape index (κ3) is 5.51. The van der Waals surface area contributed by atoms with Crippen LogP contribution in [0.4, 0.5) is 5.95 Å². The highest BCUT2D eigenvalue weighted by molar-refractivity contribution is 5.81. The number of aryl methyl sites for hydroxylation is 1. The number of aromatic amines is 1. The molecule has 0 unspecified atom stereocenters. The number of nitrogens with zero attached hydrogens (tertiary/aromatic N) is 4. The maximum Gasteiger partial charge on any atom is 0.274 e. The zero-order valence-electron chi connectivity index (χ0n) is 16.2. The highest BCUT2D eigenvalue weighted by atomic mass is 16.5. The lowest BCUT2D eigenvalue weighted by atomic mass is 10.2. The van der Waals surface area contributed by atoms with Crippen molar-refractivity contribution in [1.82, 2.24) is 20.1 Å². The van der Waals surface area contributed by atoms with E-state index in [9.17, 15) is 9.59 Å². The summed E-state index contributed by atoms with van der Waals surface area (Å²) in [6.45, 7) is 3.70. The summed E-state index contributed by atoms with van der Waals surface area (Å²) in [5.74, 6) is 0.948. The minimum atomic E-state index is -0.340. The maximum absolute atomic E-state index is 12.2. The highest BCUT2D eigenvalue weighted by Gasteiger charge is 2.18. The Kier molecular flexibility index (Phi) is 6.74. The summed E-state index contributed by atoms with van der Waals surface area (Å²) >= 11 is 0. The van der Waals surface area contributed by atoms with Gasteiger partial charge in [0.2, 0.25) is 5.95 Å². The Hall–Kier alpha value is -3.47. The second-order valence-corrected chi connectivity index (χ2v) is 6.15. The lowest BCUT2D eigenvalue weighted by Gasteiger charge is -2.26. The molecule has 1 aliphatic rings. The summed E-state index contributed by atoms with van der Waals surface area (Å²) in [5, 5.41) is 11.5. The molecule has 2 heterocycles. The SMILES string of the molecule is COc1cc(/C=N/Nc2nnc(C)c(=O)[nH]2)ccc1OCC(=O)N1CCOCC1. The molecule has 29 heavy (non-hydrogen) atoms. The molecule has 1 amide bonds. The van der Waals surface area contributed by atoms with E-state index in [0.29, 0.717) is 43.4 Å². The molecule has 0 radical (unpaired) electrons. The molecule has 1 fully saturated rings. The van der Waals surface area contributed by atoms with Gasteiger partial charge in [-0.25, -0.2) is 5.43 Å². The van der Waals surface area contributed by atoms with Gasteiger partial charge in [-0.1, -0.05) is 0 Å². The average Bonchev–Trinajstić information content (AvgIpc) is 2.75. The zero-order chi connectivity index (χ0) is 20.6. The third-order valence-electron chi connectivity index (χ3n) is 4.15. The van der Waals surface area contributed by atoms with Crippen molar-refractivity contribution < 1.29 is 19.0 Å². The number of nitrogens with one attached hydrogen (secondary N) is 2. The predicted molar refractivity (Wildman–Crippen MR) is 104 cm³/mol. The molecule has 1 aromatic heterocycles. The smallest absolute Gasteiger partial charge is 0.274 e. The quantitative estimate of drug-likeness (QED) is 0.495. The number of hydrogen-bond acceptors (Lipinski definition) is 9. The van der Waals surface area contributed by atoms with Gasteiger partial charge in [0.05, 0.1) is 26.5 Å². The van der Waals surface area contributed by atoms with Crippen molar-refractivity contribution in [3.8, 4) is 11.5 Å². The molecular formula is C18H22N6O5. The maximum atomic E-state index is 12.2. The van der Waals surface area contributed by atoms with E-state index in [4.69, 9.17) is 14.2 Å². The van der Waals surface area contributed by atoms with E-state index in [0.717, 1.165) is 0 Å². The highest BCUT2D eigenvalue weighted by Crippen LogP contribution is 2.27. The van der Waals surface area contributed by atoms with Gasteiger partial charge in [-0.15, -0.1) is 10.2 Å². The number of methoxy groups -OCH3 is 1. The lowest BCUT2D eigenvalue weighted by molar-refractivity contribution is -0.137. The van der Waals surface area contributed by atoms with Crippen LogP contribution in [0.5, 0.6) is 11.5 Å². The van der Waals surface area contributed by atoms with Gasteiger partial charge < -0.3 is 19.1 Å². The molecule has 0 bridgehead atoms. The van der Waals surface area contributed by atoms with Crippen LogP contribution in [0.3, 0.4) is 0 Å². The number of carbonyl (C=O) groups is 1. The van der Waals surface area contributed by atoms with Crippen molar-refractivity contribution in [2.24, 2.45) is 5.10 Å². The molecule has 0 aliphatic carbocycles. The molecule has 2 aromatic rings. The largest absolute Gasteiger partial charge is 0.493 e. The molecule has 154 valence electrons. The number of morpholine rings is 1. The fourth-order valence-electron chi connectivity index (χ4n) is 2.54. The number of amides is 1. The van der Waals surface area contributed by atoms with Gasteiger partial charge in [-0.3, -0.25) is 14.6 Å². The summed E-state index contributed by atoms with van der Waals surface area (Å²) in [6.07, 6.45) is 1.52. The number of aromatic nitrogens is 3. The molecule has 1 saturated heterocycles. The fraction of sp³-hybridized carbons (Fsp3) is 0.389. The van der Waals surface area contributed by atoms with E-state index in [1.54, 1.807) is 30.0 Å². The van der Waals surface area contributed by atoms with E-state index in [2.05, 4.69) is 25.7 Å². The van der Waals surface area contributed by atoms with Crippen molar-refractivity contribution in [3.63, 3.8) is 0 Å². The van der Waals surface area contributed by atoms with Crippen LogP contribution >= 0.6 is 0 Å². The Morgan fingerprint density at radius 1 is 1.34 bits per heavy atom. The first kappa shape index (κ1) is 20.3. The number of anilines is 1. The van der Waals surface area contributed by atoms with Crippen LogP contribution in [0.2, 0.25) is 0 Å². The van der Waals surface area contributed by atoms with Gasteiger partial charge in [0.25, 0.3) is 11.5 Å². The number of H-pyrrole nitrogens is 1. The average molecular weight is 402 g/mol. The van der Waals surface area contributed by atoms with E-state index in [1.807, 2.05) is 0 Å². The molecule has 11 nitrogen and oxygen atoms in total. The van der Waals surface area contributed by atoms with Crippen LogP contribution < -0.4 is 20.5 Å². The third-order valence-corrected chi connectivity index (χ3v) is 4.15. The van der Waals surface area contributed by atoms with Gasteiger partial charge in [-0.2, -0.15) is 5.10 Å². The number of ether oxygens (including phenoxy) is 3. The van der Waals surface area contributed by atoms with Crippen molar-refractivity contribution in [3.05, 3.63) is 39.8 Å². The lowest BCUT2D eigenvalue weighted by Crippen LogP contribution is -2.43. The number of benzene rings is 1. The van der Waals surface area contributed by atoms with Crippen molar-refractivity contribution in [2.75, 3.05) is 45.4 Å². The van der Waals surface area contributed by atoms with Gasteiger partial charge in [0, 0.05) is 13.1 Å². The van der Waals surface area contributed by atoms with Gasteiger partial charge >= 0.3 is 0 Å². The van der Waals surface area contributed by atoms with Crippen LogP contribution in [0, 0.1) is 6.92 Å². The summed E-state index contributed by atoms with van der Waals surface area (Å²) in [6, 6.07) is 5.16. The second kappa shape index (κ2) is 9.64. The molecule has 0 spiro atoms. The minimum absolute atomic E-state index is 0.0786. The fourth-order valence-corrected chi connectivity index (χ4v) is 2.54. The molecule has 1 aromatic carbocycles. The van der Waals surface area contributed by atoms with Crippen LogP contribution in [-0.4, -0.2) is 72.2 Å². The Morgan fingerprint density at radius 2 is 2.14 bits per heavy atom. The van der Waals surface area contributed by atoms with E-state index >= 15 is 0 Å². The molecule has 2 N–H and O–H groups in total. The van der Waals surface area contributed by atoms with Crippen molar-refractivity contribution >= 4 is 18.1 Å². The first-order chi connectivity index (χ1) is 14.1. The zero-order valence-corrected chi connectivity index (χ0v) is 16.2. The predicted octanol–water partition coefficient (Wildman–Crippen LogP) is 0.166. The first-order valence-corrected chi connectivity index (χ1v) is 8.96. The molecule has 3 rings (SSSR count). The van der Waals surface area contributed by atoms with Crippen molar-refractivity contribution in [2.45, 2.75) is 6.92 Å². The first-order valence-electron chi connectivity index (χ1n) is 8.96. The van der Waals surface area contributed by atoms with E-state index < -0.39 is 0 Å². The van der Waals surface area contributed by atoms with Gasteiger partial charge in [0.15, 0.2) is 18.1 Å². The van der Waals surface area contributed by atoms with E-state index in [1.165, 1.54) is 13.3 Å². The second-order valence-electron chi connectivity index (χ2n) is 6.15. The summed E-state index contributed by atoms with van der Waals surface area (Å²) in [5.41, 5.74) is 3.24. The number of carbonyl (C=O) groups excluding carboxylic acids is 1. The van der Waals surface area contributed by atoms with Gasteiger partial charge in [0.1, 0.15) is 5.69 Å². The van der Waals surface area contributed by atoms with Crippen LogP contribution in [0.25, 0.3) is 0 Å². The minimum Gasteiger partial charge on any atom is -0.493 e. The molecule has 0 saturated carbocycles. The standard InChI is InChI=1S/C18H22N6O5/c1-12-17(26)20-18(23-21-12)22-19-10-13-3-4-14(15(9-13)27-2)29-11-16(25)24-5-7-28-8-6-24/h3-4,9-10H,5-8,11H2,1-2H3,(H2,20,22,23,26)/b19-10+. The number of hydrazone groups is 1. The van der Waals surface area contributed by atoms with Crippen LogP contribution in [0.1, 0.15) is 11.3 Å². The molecule has 0 atom stereocenters. The van der Waals surface area contributed by atoms with E-state index in [-0.39, 0.29) is 29.7 Å². The Labute approximate surface area is 166 Å². The van der Waals surface area contributed by atoms with Gasteiger partial charge in [-0.05, 0) is 30.7 Å². The monoisotopic (exact) mass is 402 g/mol. The Bertz CT molecular complexity index is 939. The summed E-state index contributed by atoms with van der Waals surface area (Å²) in [4.78, 5) is 27.9. The Morgan fingerprint density at radius 3 is 2.86 bits per heavy atom. The molecular weight excluding hydrogens is 380 g/mol. The normalized spacial score (nSPS) is 14.1. The topological polar surface area (TPSA) is 131 Å². The number of rotatable bonds is 7. The molecule has 11 heteroatoms.